The maximum absolute atomic E-state index is 12.2. The van der Waals surface area contributed by atoms with E-state index in [0.29, 0.717) is 5.02 Å². The number of thioether (sulfide) groups is 3. The minimum atomic E-state index is -0.500. The summed E-state index contributed by atoms with van der Waals surface area (Å²) in [4.78, 5) is 12.2. The predicted molar refractivity (Wildman–Crippen MR) is 83.4 cm³/mol. The van der Waals surface area contributed by atoms with E-state index in [1.165, 1.54) is 35.3 Å². The van der Waals surface area contributed by atoms with Gasteiger partial charge in [-0.05, 0) is 43.0 Å². The number of carbonyl (C=O) groups is 1. The van der Waals surface area contributed by atoms with E-state index in [1.54, 1.807) is 24.3 Å². The van der Waals surface area contributed by atoms with Gasteiger partial charge in [-0.15, -0.1) is 35.3 Å². The molecule has 0 atom stereocenters. The van der Waals surface area contributed by atoms with Gasteiger partial charge in [-0.2, -0.15) is 0 Å². The molecule has 1 aromatic rings. The number of rotatable bonds is 5. The minimum absolute atomic E-state index is 0.00711. The van der Waals surface area contributed by atoms with E-state index in [-0.39, 0.29) is 5.91 Å². The summed E-state index contributed by atoms with van der Waals surface area (Å²) in [6.07, 6.45) is 5.82. The number of nitrogens with one attached hydrogen (secondary N) is 1. The summed E-state index contributed by atoms with van der Waals surface area (Å²) < 4.78 is -0.500. The van der Waals surface area contributed by atoms with E-state index >= 15 is 0 Å². The first-order chi connectivity index (χ1) is 8.07. The standard InChI is InChI=1S/C11H14ClNOS3/c1-15-11(16-2,17-3)10(14)13-9-6-4-8(12)5-7-9/h4-7H,1-3H3,(H,13,14). The monoisotopic (exact) mass is 307 g/mol. The second-order valence-electron chi connectivity index (χ2n) is 3.13. The third kappa shape index (κ3) is 3.74. The molecule has 0 spiro atoms. The molecule has 0 heterocycles. The van der Waals surface area contributed by atoms with Gasteiger partial charge in [0.2, 0.25) is 0 Å². The van der Waals surface area contributed by atoms with Gasteiger partial charge >= 0.3 is 0 Å². The quantitative estimate of drug-likeness (QED) is 0.832. The summed E-state index contributed by atoms with van der Waals surface area (Å²) in [7, 11) is 0. The Balaban J connectivity index is 2.80. The number of benzene rings is 1. The molecule has 0 aliphatic carbocycles. The van der Waals surface area contributed by atoms with Crippen LogP contribution in [0, 0.1) is 0 Å². The molecule has 0 aromatic heterocycles. The Kier molecular flexibility index (Phi) is 6.06. The Morgan fingerprint density at radius 1 is 1.12 bits per heavy atom. The first kappa shape index (κ1) is 15.1. The molecule has 0 radical (unpaired) electrons. The zero-order chi connectivity index (χ0) is 12.9. The molecule has 1 N–H and O–H groups in total. The van der Waals surface area contributed by atoms with Crippen LogP contribution >= 0.6 is 46.9 Å². The molecule has 0 saturated carbocycles. The Hall–Kier alpha value is 0.0300. The lowest BCUT2D eigenvalue weighted by molar-refractivity contribution is -0.114. The lowest BCUT2D eigenvalue weighted by Crippen LogP contribution is -2.33. The third-order valence-corrected chi connectivity index (χ3v) is 7.61. The molecule has 1 rings (SSSR count). The van der Waals surface area contributed by atoms with Crippen LogP contribution in [0.3, 0.4) is 0 Å². The molecule has 1 amide bonds. The van der Waals surface area contributed by atoms with E-state index in [2.05, 4.69) is 5.32 Å². The van der Waals surface area contributed by atoms with Gasteiger partial charge in [0.15, 0.2) is 3.41 Å². The smallest absolute Gasteiger partial charge is 0.261 e. The van der Waals surface area contributed by atoms with Gasteiger partial charge in [-0.3, -0.25) is 4.79 Å². The fourth-order valence-electron chi connectivity index (χ4n) is 1.27. The SMILES string of the molecule is CSC(SC)(SC)C(=O)Nc1ccc(Cl)cc1. The van der Waals surface area contributed by atoms with Crippen LogP contribution in [0.1, 0.15) is 0 Å². The van der Waals surface area contributed by atoms with Gasteiger partial charge in [-0.25, -0.2) is 0 Å². The lowest BCUT2D eigenvalue weighted by atomic mass is 10.3. The van der Waals surface area contributed by atoms with Gasteiger partial charge in [-0.1, -0.05) is 11.6 Å². The number of amides is 1. The Labute approximate surface area is 120 Å². The highest BCUT2D eigenvalue weighted by Crippen LogP contribution is 2.43. The maximum atomic E-state index is 12.2. The largest absolute Gasteiger partial charge is 0.323 e. The Bertz CT molecular complexity index is 371. The predicted octanol–water partition coefficient (Wildman–Crippen LogP) is 4.02. The zero-order valence-electron chi connectivity index (χ0n) is 9.82. The number of hydrogen-bond donors (Lipinski definition) is 1. The molecule has 0 aliphatic rings. The highest BCUT2D eigenvalue weighted by atomic mass is 35.5. The highest BCUT2D eigenvalue weighted by molar-refractivity contribution is 8.34. The summed E-state index contributed by atoms with van der Waals surface area (Å²) in [5.74, 6) is -0.00711. The van der Waals surface area contributed by atoms with Crippen molar-refractivity contribution < 1.29 is 4.79 Å². The average molecular weight is 308 g/mol. The summed E-state index contributed by atoms with van der Waals surface area (Å²) in [6.45, 7) is 0. The molecule has 0 unspecified atom stereocenters. The van der Waals surface area contributed by atoms with Gasteiger partial charge in [0.25, 0.3) is 5.91 Å². The van der Waals surface area contributed by atoms with Crippen LogP contribution < -0.4 is 5.32 Å². The zero-order valence-corrected chi connectivity index (χ0v) is 13.0. The van der Waals surface area contributed by atoms with Crippen molar-refractivity contribution in [2.24, 2.45) is 0 Å². The number of carbonyl (C=O) groups excluding carboxylic acids is 1. The molecular formula is C11H14ClNOS3. The van der Waals surface area contributed by atoms with Crippen molar-refractivity contribution in [3.8, 4) is 0 Å². The van der Waals surface area contributed by atoms with Crippen molar-refractivity contribution in [1.82, 2.24) is 0 Å². The minimum Gasteiger partial charge on any atom is -0.323 e. The van der Waals surface area contributed by atoms with Crippen LogP contribution in [0.15, 0.2) is 24.3 Å². The normalized spacial score (nSPS) is 11.3. The fraction of sp³-hybridized carbons (Fsp3) is 0.364. The third-order valence-electron chi connectivity index (χ3n) is 2.19. The van der Waals surface area contributed by atoms with Crippen molar-refractivity contribution in [3.05, 3.63) is 29.3 Å². The molecular weight excluding hydrogens is 294 g/mol. The highest BCUT2D eigenvalue weighted by Gasteiger charge is 2.36. The molecule has 2 nitrogen and oxygen atoms in total. The Morgan fingerprint density at radius 3 is 2.00 bits per heavy atom. The van der Waals surface area contributed by atoms with E-state index in [9.17, 15) is 4.79 Å². The van der Waals surface area contributed by atoms with Gasteiger partial charge < -0.3 is 5.32 Å². The first-order valence-electron chi connectivity index (χ1n) is 4.80. The van der Waals surface area contributed by atoms with Gasteiger partial charge in [0.05, 0.1) is 0 Å². The summed E-state index contributed by atoms with van der Waals surface area (Å²) in [5, 5.41) is 3.56. The van der Waals surface area contributed by atoms with Gasteiger partial charge in [0.1, 0.15) is 0 Å². The maximum Gasteiger partial charge on any atom is 0.261 e. The number of halogens is 1. The fourth-order valence-corrected chi connectivity index (χ4v) is 4.10. The second kappa shape index (κ2) is 6.83. The second-order valence-corrected chi connectivity index (χ2v) is 7.40. The molecule has 6 heteroatoms. The summed E-state index contributed by atoms with van der Waals surface area (Å²) in [5.41, 5.74) is 0.765. The molecule has 17 heavy (non-hydrogen) atoms. The summed E-state index contributed by atoms with van der Waals surface area (Å²) in [6, 6.07) is 7.12. The lowest BCUT2D eigenvalue weighted by Gasteiger charge is -2.26. The van der Waals surface area contributed by atoms with E-state index < -0.39 is 3.41 Å². The molecule has 1 aromatic carbocycles. The van der Waals surface area contributed by atoms with E-state index in [1.807, 2.05) is 18.8 Å². The summed E-state index contributed by atoms with van der Waals surface area (Å²) >= 11 is 10.4. The average Bonchev–Trinajstić information content (AvgIpc) is 2.35. The van der Waals surface area contributed by atoms with Gasteiger partial charge in [0, 0.05) is 10.7 Å². The van der Waals surface area contributed by atoms with Crippen LogP contribution in [0.25, 0.3) is 0 Å². The van der Waals surface area contributed by atoms with Crippen LogP contribution in [-0.2, 0) is 4.79 Å². The topological polar surface area (TPSA) is 29.1 Å². The molecule has 0 saturated heterocycles. The molecule has 0 fully saturated rings. The van der Waals surface area contributed by atoms with Crippen molar-refractivity contribution in [3.63, 3.8) is 0 Å². The molecule has 0 bridgehead atoms. The first-order valence-corrected chi connectivity index (χ1v) is 8.85. The number of hydrogen-bond acceptors (Lipinski definition) is 4. The molecule has 0 aliphatic heterocycles. The Morgan fingerprint density at radius 2 is 1.59 bits per heavy atom. The van der Waals surface area contributed by atoms with Crippen LogP contribution in [0.5, 0.6) is 0 Å². The van der Waals surface area contributed by atoms with E-state index in [0.717, 1.165) is 5.69 Å². The van der Waals surface area contributed by atoms with Crippen LogP contribution in [0.4, 0.5) is 5.69 Å². The van der Waals surface area contributed by atoms with Crippen molar-refractivity contribution in [2.75, 3.05) is 24.1 Å². The van der Waals surface area contributed by atoms with Crippen molar-refractivity contribution >= 4 is 58.5 Å². The number of anilines is 1. The van der Waals surface area contributed by atoms with Crippen molar-refractivity contribution in [2.45, 2.75) is 3.41 Å². The van der Waals surface area contributed by atoms with Crippen LogP contribution in [-0.4, -0.2) is 28.1 Å². The molecule has 94 valence electrons. The van der Waals surface area contributed by atoms with E-state index in [4.69, 9.17) is 11.6 Å². The van der Waals surface area contributed by atoms with Crippen LogP contribution in [0.2, 0.25) is 5.02 Å². The van der Waals surface area contributed by atoms with Crippen molar-refractivity contribution in [1.29, 1.82) is 0 Å².